The van der Waals surface area contributed by atoms with Crippen molar-refractivity contribution in [1.29, 1.82) is 0 Å². The van der Waals surface area contributed by atoms with Crippen LogP contribution in [-0.2, 0) is 4.79 Å². The average Bonchev–Trinajstić information content (AvgIpc) is 2.88. The van der Waals surface area contributed by atoms with Crippen molar-refractivity contribution in [3.05, 3.63) is 34.5 Å². The quantitative estimate of drug-likeness (QED) is 0.797. The van der Waals surface area contributed by atoms with Gasteiger partial charge >= 0.3 is 0 Å². The summed E-state index contributed by atoms with van der Waals surface area (Å²) in [5.74, 6) is 0.619. The van der Waals surface area contributed by atoms with E-state index in [1.807, 2.05) is 18.4 Å². The highest BCUT2D eigenvalue weighted by atomic mass is 32.1. The fourth-order valence-corrected chi connectivity index (χ4v) is 2.75. The molecule has 86 valence electrons. The van der Waals surface area contributed by atoms with Gasteiger partial charge in [0.2, 0.25) is 5.91 Å². The molecule has 0 aromatic carbocycles. The molecule has 2 nitrogen and oxygen atoms in total. The molecule has 0 fully saturated rings. The molecule has 0 unspecified atom stereocenters. The van der Waals surface area contributed by atoms with Crippen LogP contribution >= 0.6 is 11.3 Å². The van der Waals surface area contributed by atoms with Gasteiger partial charge in [0.05, 0.1) is 6.04 Å². The molecule has 1 N–H and O–H groups in total. The maximum atomic E-state index is 11.8. The lowest BCUT2D eigenvalue weighted by Gasteiger charge is -2.13. The van der Waals surface area contributed by atoms with Gasteiger partial charge < -0.3 is 5.32 Å². The highest BCUT2D eigenvalue weighted by Gasteiger charge is 2.16. The summed E-state index contributed by atoms with van der Waals surface area (Å²) in [5.41, 5.74) is 0. The van der Waals surface area contributed by atoms with Gasteiger partial charge in [-0.1, -0.05) is 18.2 Å². The van der Waals surface area contributed by atoms with E-state index in [9.17, 15) is 4.79 Å². The van der Waals surface area contributed by atoms with E-state index < -0.39 is 0 Å². The summed E-state index contributed by atoms with van der Waals surface area (Å²) in [5, 5.41) is 5.09. The summed E-state index contributed by atoms with van der Waals surface area (Å²) < 4.78 is 0. The predicted molar refractivity (Wildman–Crippen MR) is 67.4 cm³/mol. The molecule has 0 saturated heterocycles. The van der Waals surface area contributed by atoms with Crippen LogP contribution in [0.4, 0.5) is 0 Å². The van der Waals surface area contributed by atoms with Gasteiger partial charge in [-0.3, -0.25) is 4.79 Å². The smallest absolute Gasteiger partial charge is 0.221 e. The molecular weight excluding hydrogens is 218 g/mol. The Morgan fingerprint density at radius 2 is 2.56 bits per heavy atom. The first-order chi connectivity index (χ1) is 7.75. The molecule has 1 heterocycles. The van der Waals surface area contributed by atoms with E-state index in [0.29, 0.717) is 12.3 Å². The van der Waals surface area contributed by atoms with Crippen molar-refractivity contribution in [2.45, 2.75) is 32.2 Å². The van der Waals surface area contributed by atoms with Crippen LogP contribution in [0.25, 0.3) is 0 Å². The summed E-state index contributed by atoms with van der Waals surface area (Å²) in [6.07, 6.45) is 7.21. The van der Waals surface area contributed by atoms with Crippen LogP contribution < -0.4 is 5.32 Å². The largest absolute Gasteiger partial charge is 0.349 e. The van der Waals surface area contributed by atoms with E-state index in [-0.39, 0.29) is 11.9 Å². The Labute approximate surface area is 100 Å². The lowest BCUT2D eigenvalue weighted by molar-refractivity contribution is -0.122. The number of carbonyl (C=O) groups excluding carboxylic acids is 1. The molecule has 1 aliphatic rings. The first-order valence-electron chi connectivity index (χ1n) is 5.75. The second kappa shape index (κ2) is 5.30. The second-order valence-corrected chi connectivity index (χ2v) is 5.25. The summed E-state index contributed by atoms with van der Waals surface area (Å²) in [4.78, 5) is 13.0. The molecule has 2 atom stereocenters. The first kappa shape index (κ1) is 11.4. The number of hydrogen-bond donors (Lipinski definition) is 1. The summed E-state index contributed by atoms with van der Waals surface area (Å²) in [7, 11) is 0. The molecule has 0 spiro atoms. The molecule has 0 bridgehead atoms. The molecule has 0 radical (unpaired) electrons. The number of rotatable bonds is 4. The Hall–Kier alpha value is -1.09. The van der Waals surface area contributed by atoms with Crippen molar-refractivity contribution < 1.29 is 4.79 Å². The fourth-order valence-electron chi connectivity index (χ4n) is 2.01. The van der Waals surface area contributed by atoms with Crippen molar-refractivity contribution in [3.63, 3.8) is 0 Å². The molecule has 16 heavy (non-hydrogen) atoms. The van der Waals surface area contributed by atoms with Gasteiger partial charge in [0.25, 0.3) is 0 Å². The molecular formula is C13H17NOS. The maximum absolute atomic E-state index is 11.8. The molecule has 1 aliphatic carbocycles. The lowest BCUT2D eigenvalue weighted by atomic mass is 10.0. The van der Waals surface area contributed by atoms with Crippen molar-refractivity contribution >= 4 is 17.2 Å². The summed E-state index contributed by atoms with van der Waals surface area (Å²) >= 11 is 1.69. The van der Waals surface area contributed by atoms with Crippen LogP contribution in [0.2, 0.25) is 0 Å². The van der Waals surface area contributed by atoms with Crippen LogP contribution in [0.5, 0.6) is 0 Å². The summed E-state index contributed by atoms with van der Waals surface area (Å²) in [6, 6.07) is 4.21. The Balaban J connectivity index is 1.80. The van der Waals surface area contributed by atoms with Crippen LogP contribution in [0.3, 0.4) is 0 Å². The topological polar surface area (TPSA) is 29.1 Å². The van der Waals surface area contributed by atoms with Crippen molar-refractivity contribution in [2.24, 2.45) is 5.92 Å². The minimum absolute atomic E-state index is 0.137. The minimum atomic E-state index is 0.137. The Kier molecular flexibility index (Phi) is 3.78. The third-order valence-corrected chi connectivity index (χ3v) is 3.96. The van der Waals surface area contributed by atoms with Gasteiger partial charge in [0, 0.05) is 11.3 Å². The van der Waals surface area contributed by atoms with E-state index in [1.54, 1.807) is 11.3 Å². The normalized spacial score (nSPS) is 20.9. The monoisotopic (exact) mass is 235 g/mol. The van der Waals surface area contributed by atoms with Gasteiger partial charge in [0.15, 0.2) is 0 Å². The van der Waals surface area contributed by atoms with Gasteiger partial charge in [-0.05, 0) is 37.1 Å². The number of allylic oxidation sites excluding steroid dienone is 2. The highest BCUT2D eigenvalue weighted by Crippen LogP contribution is 2.22. The second-order valence-electron chi connectivity index (χ2n) is 4.27. The standard InChI is InChI=1S/C13H17NOS/c1-10(12-7-4-8-16-12)14-13(15)9-11-5-2-3-6-11/h2,4-5,7-8,10-11H,3,6,9H2,1H3,(H,14,15)/t10-,11+/m0/s1. The predicted octanol–water partition coefficient (Wildman–Crippen LogP) is 3.28. The molecule has 0 saturated carbocycles. The van der Waals surface area contributed by atoms with E-state index in [1.165, 1.54) is 4.88 Å². The zero-order valence-electron chi connectivity index (χ0n) is 9.48. The molecule has 1 aromatic rings. The molecule has 0 aliphatic heterocycles. The third-order valence-electron chi connectivity index (χ3n) is 2.91. The van der Waals surface area contributed by atoms with E-state index in [0.717, 1.165) is 12.8 Å². The number of carbonyl (C=O) groups is 1. The van der Waals surface area contributed by atoms with Crippen LogP contribution in [0.15, 0.2) is 29.7 Å². The Morgan fingerprint density at radius 1 is 1.69 bits per heavy atom. The maximum Gasteiger partial charge on any atom is 0.221 e. The van der Waals surface area contributed by atoms with Gasteiger partial charge in [-0.25, -0.2) is 0 Å². The average molecular weight is 235 g/mol. The van der Waals surface area contributed by atoms with Crippen molar-refractivity contribution in [2.75, 3.05) is 0 Å². The number of nitrogens with one attached hydrogen (secondary N) is 1. The summed E-state index contributed by atoms with van der Waals surface area (Å²) in [6.45, 7) is 2.04. The third kappa shape index (κ3) is 2.95. The van der Waals surface area contributed by atoms with E-state index in [2.05, 4.69) is 23.5 Å². The van der Waals surface area contributed by atoms with Gasteiger partial charge in [-0.15, -0.1) is 11.3 Å². The Bertz CT molecular complexity index is 369. The number of amides is 1. The lowest BCUT2D eigenvalue weighted by Crippen LogP contribution is -2.27. The number of thiophene rings is 1. The highest BCUT2D eigenvalue weighted by molar-refractivity contribution is 7.10. The SMILES string of the molecule is C[C@H](NC(=O)C[C@@H]1C=CCC1)c1cccs1. The first-order valence-corrected chi connectivity index (χ1v) is 6.63. The van der Waals surface area contributed by atoms with Crippen LogP contribution in [-0.4, -0.2) is 5.91 Å². The fraction of sp³-hybridized carbons (Fsp3) is 0.462. The molecule has 1 amide bonds. The Morgan fingerprint density at radius 3 is 3.19 bits per heavy atom. The molecule has 3 heteroatoms. The number of hydrogen-bond acceptors (Lipinski definition) is 2. The van der Waals surface area contributed by atoms with Gasteiger partial charge in [0.1, 0.15) is 0 Å². The zero-order chi connectivity index (χ0) is 11.4. The van der Waals surface area contributed by atoms with Crippen molar-refractivity contribution in [3.8, 4) is 0 Å². The van der Waals surface area contributed by atoms with E-state index >= 15 is 0 Å². The van der Waals surface area contributed by atoms with E-state index in [4.69, 9.17) is 0 Å². The molecule has 1 aromatic heterocycles. The van der Waals surface area contributed by atoms with Crippen molar-refractivity contribution in [1.82, 2.24) is 5.32 Å². The minimum Gasteiger partial charge on any atom is -0.349 e. The molecule has 2 rings (SSSR count). The van der Waals surface area contributed by atoms with Crippen LogP contribution in [0, 0.1) is 5.92 Å². The van der Waals surface area contributed by atoms with Crippen LogP contribution in [0.1, 0.15) is 37.1 Å². The van der Waals surface area contributed by atoms with Gasteiger partial charge in [-0.2, -0.15) is 0 Å². The zero-order valence-corrected chi connectivity index (χ0v) is 10.3.